The number of halogens is 2. The van der Waals surface area contributed by atoms with Crippen LogP contribution in [0.1, 0.15) is 103 Å². The number of aliphatic hydroxyl groups is 2. The maximum absolute atomic E-state index is 13.9. The molecule has 12 heteroatoms. The van der Waals surface area contributed by atoms with Gasteiger partial charge in [-0.3, -0.25) is 9.59 Å². The average Bonchev–Trinajstić information content (AvgIpc) is 3.70. The SMILES string of the molecule is O=C1N(C23CC4CC(C2)C(O)C(C4)C3)CCC12CCCN(c1ccc(Cl)cn1)C2.O=C1N(C23CC4CC(C2)C(O)C(C4)C3)CCC12CCCN(c1ccc(Cl)cn1)C2. The highest BCUT2D eigenvalue weighted by Crippen LogP contribution is 2.61. The number of anilines is 2. The van der Waals surface area contributed by atoms with Crippen LogP contribution in [-0.2, 0) is 9.59 Å². The highest BCUT2D eigenvalue weighted by molar-refractivity contribution is 6.30. The molecule has 12 aliphatic rings. The molecule has 6 unspecified atom stereocenters. The third-order valence-corrected chi connectivity index (χ3v) is 18.2. The number of piperidine rings is 2. The second kappa shape index (κ2) is 13.9. The fourth-order valence-electron chi connectivity index (χ4n) is 15.6. The van der Waals surface area contributed by atoms with Crippen LogP contribution in [0.3, 0.4) is 0 Å². The van der Waals surface area contributed by atoms with Gasteiger partial charge in [-0.15, -0.1) is 0 Å². The minimum atomic E-state index is -0.262. The number of rotatable bonds is 4. The monoisotopic (exact) mass is 830 g/mol. The number of carbonyl (C=O) groups is 2. The fourth-order valence-corrected chi connectivity index (χ4v) is 15.9. The molecule has 2 spiro atoms. The van der Waals surface area contributed by atoms with E-state index in [-0.39, 0.29) is 34.1 Å². The molecular formula is C46H60Cl2N6O4. The summed E-state index contributed by atoms with van der Waals surface area (Å²) in [5.74, 6) is 5.68. The quantitative estimate of drug-likeness (QED) is 0.340. The van der Waals surface area contributed by atoms with E-state index in [1.807, 2.05) is 24.3 Å². The van der Waals surface area contributed by atoms with Crippen LogP contribution in [0.4, 0.5) is 11.6 Å². The number of carbonyl (C=O) groups excluding carboxylic acids is 2. The summed E-state index contributed by atoms with van der Waals surface area (Å²) < 4.78 is 0. The minimum absolute atomic E-state index is 0.0249. The van der Waals surface area contributed by atoms with Gasteiger partial charge < -0.3 is 29.8 Å². The molecule has 6 heterocycles. The van der Waals surface area contributed by atoms with E-state index >= 15 is 0 Å². The van der Waals surface area contributed by atoms with Gasteiger partial charge in [-0.25, -0.2) is 9.97 Å². The number of hydrogen-bond donors (Lipinski definition) is 2. The van der Waals surface area contributed by atoms with Gasteiger partial charge in [0.15, 0.2) is 0 Å². The third-order valence-electron chi connectivity index (χ3n) is 17.8. The molecule has 4 aliphatic heterocycles. The van der Waals surface area contributed by atoms with Crippen LogP contribution in [0, 0.1) is 46.3 Å². The molecule has 2 aromatic rings. The number of hydrogen-bond acceptors (Lipinski definition) is 8. The fraction of sp³-hybridized carbons (Fsp3) is 0.739. The van der Waals surface area contributed by atoms with Gasteiger partial charge in [-0.05, 0) is 163 Å². The Bertz CT molecular complexity index is 1770. The smallest absolute Gasteiger partial charge is 0.231 e. The molecule has 8 bridgehead atoms. The molecule has 58 heavy (non-hydrogen) atoms. The topological polar surface area (TPSA) is 113 Å². The highest BCUT2D eigenvalue weighted by atomic mass is 35.5. The van der Waals surface area contributed by atoms with E-state index in [0.717, 1.165) is 128 Å². The number of nitrogens with zero attached hydrogens (tertiary/aromatic N) is 6. The van der Waals surface area contributed by atoms with Gasteiger partial charge in [0.25, 0.3) is 0 Å². The van der Waals surface area contributed by atoms with Gasteiger partial charge in [0.05, 0.1) is 33.1 Å². The largest absolute Gasteiger partial charge is 0.393 e. The lowest BCUT2D eigenvalue weighted by atomic mass is 9.51. The molecule has 12 fully saturated rings. The summed E-state index contributed by atoms with van der Waals surface area (Å²) in [6.45, 7) is 5.23. The zero-order chi connectivity index (χ0) is 39.6. The van der Waals surface area contributed by atoms with Crippen LogP contribution in [0.2, 0.25) is 10.0 Å². The predicted octanol–water partition coefficient (Wildman–Crippen LogP) is 6.99. The number of aliphatic hydroxyl groups excluding tert-OH is 2. The van der Waals surface area contributed by atoms with Gasteiger partial charge >= 0.3 is 0 Å². The van der Waals surface area contributed by atoms with E-state index < -0.39 is 0 Å². The highest BCUT2D eigenvalue weighted by Gasteiger charge is 2.63. The second-order valence-corrected chi connectivity index (χ2v) is 21.9. The van der Waals surface area contributed by atoms with Crippen molar-refractivity contribution in [3.05, 3.63) is 46.7 Å². The van der Waals surface area contributed by atoms with Gasteiger partial charge in [-0.1, -0.05) is 23.2 Å². The molecule has 2 amide bonds. The number of aromatic nitrogens is 2. The van der Waals surface area contributed by atoms with Crippen LogP contribution in [0.15, 0.2) is 36.7 Å². The Labute approximate surface area is 353 Å². The predicted molar refractivity (Wildman–Crippen MR) is 223 cm³/mol. The van der Waals surface area contributed by atoms with Crippen molar-refractivity contribution in [2.45, 2.75) is 126 Å². The molecule has 8 saturated carbocycles. The summed E-state index contributed by atoms with van der Waals surface area (Å²) in [5.41, 5.74) is -0.475. The summed E-state index contributed by atoms with van der Waals surface area (Å²) in [6, 6.07) is 7.71. The Morgan fingerprint density at radius 1 is 0.552 bits per heavy atom. The molecule has 4 saturated heterocycles. The van der Waals surface area contributed by atoms with E-state index in [9.17, 15) is 19.8 Å². The minimum Gasteiger partial charge on any atom is -0.393 e. The maximum atomic E-state index is 13.9. The van der Waals surface area contributed by atoms with Crippen LogP contribution in [-0.4, -0.2) is 104 Å². The first-order chi connectivity index (χ1) is 28.0. The molecule has 2 aromatic heterocycles. The van der Waals surface area contributed by atoms with Crippen molar-refractivity contribution in [3.63, 3.8) is 0 Å². The summed E-state index contributed by atoms with van der Waals surface area (Å²) in [4.78, 5) is 46.0. The molecular weight excluding hydrogens is 771 g/mol. The van der Waals surface area contributed by atoms with Gasteiger partial charge in [0.2, 0.25) is 11.8 Å². The van der Waals surface area contributed by atoms with Crippen molar-refractivity contribution in [1.82, 2.24) is 19.8 Å². The van der Waals surface area contributed by atoms with Crippen LogP contribution >= 0.6 is 23.2 Å². The van der Waals surface area contributed by atoms with Crippen LogP contribution in [0.25, 0.3) is 0 Å². The Hall–Kier alpha value is -2.66. The summed E-state index contributed by atoms with van der Waals surface area (Å²) in [6.07, 6.45) is 20.2. The average molecular weight is 832 g/mol. The van der Waals surface area contributed by atoms with Gasteiger partial charge in [-0.2, -0.15) is 0 Å². The van der Waals surface area contributed by atoms with E-state index in [2.05, 4.69) is 29.6 Å². The first-order valence-corrected chi connectivity index (χ1v) is 23.5. The standard InChI is InChI=1S/2C23H30ClN3O2/c2*24-18-2-3-19(25-13-18)26-6-1-4-22(14-26)5-7-27(21(22)29)23-10-15-8-16(11-23)20(28)17(9-15)12-23/h2*2-3,13,15-17,20,28H,1,4-12,14H2. The number of pyridine rings is 2. The van der Waals surface area contributed by atoms with Crippen molar-refractivity contribution in [2.75, 3.05) is 49.1 Å². The molecule has 8 aliphatic carbocycles. The molecule has 0 aromatic carbocycles. The van der Waals surface area contributed by atoms with Crippen LogP contribution in [0.5, 0.6) is 0 Å². The van der Waals surface area contributed by atoms with E-state index in [4.69, 9.17) is 23.2 Å². The van der Waals surface area contributed by atoms with Gasteiger partial charge in [0.1, 0.15) is 11.6 Å². The lowest BCUT2D eigenvalue weighted by Gasteiger charge is -2.61. The van der Waals surface area contributed by atoms with Crippen molar-refractivity contribution in [1.29, 1.82) is 0 Å². The molecule has 14 rings (SSSR count). The zero-order valence-electron chi connectivity index (χ0n) is 33.8. The number of amides is 2. The molecule has 6 atom stereocenters. The molecule has 0 radical (unpaired) electrons. The lowest BCUT2D eigenvalue weighted by molar-refractivity contribution is -0.168. The van der Waals surface area contributed by atoms with Crippen molar-refractivity contribution >= 4 is 46.7 Å². The first kappa shape index (κ1) is 38.3. The van der Waals surface area contributed by atoms with Crippen molar-refractivity contribution < 1.29 is 19.8 Å². The lowest BCUT2D eigenvalue weighted by Crippen LogP contribution is -2.65. The van der Waals surface area contributed by atoms with Crippen molar-refractivity contribution in [2.24, 2.45) is 46.3 Å². The zero-order valence-corrected chi connectivity index (χ0v) is 35.3. The molecule has 312 valence electrons. The Morgan fingerprint density at radius 2 is 0.948 bits per heavy atom. The Balaban J connectivity index is 0.000000133. The van der Waals surface area contributed by atoms with E-state index in [1.54, 1.807) is 12.4 Å². The normalized spacial score (nSPS) is 43.6. The maximum Gasteiger partial charge on any atom is 0.231 e. The first-order valence-electron chi connectivity index (χ1n) is 22.7. The summed E-state index contributed by atoms with van der Waals surface area (Å²) in [5, 5.41) is 22.6. The molecule has 10 nitrogen and oxygen atoms in total. The van der Waals surface area contributed by atoms with E-state index in [1.165, 1.54) is 25.7 Å². The van der Waals surface area contributed by atoms with E-state index in [0.29, 0.717) is 57.4 Å². The Morgan fingerprint density at radius 3 is 1.31 bits per heavy atom. The summed E-state index contributed by atoms with van der Waals surface area (Å²) >= 11 is 12.0. The third kappa shape index (κ3) is 6.06. The molecule has 2 N–H and O–H groups in total. The Kier molecular flexibility index (Phi) is 9.19. The van der Waals surface area contributed by atoms with Crippen LogP contribution < -0.4 is 9.80 Å². The summed E-state index contributed by atoms with van der Waals surface area (Å²) in [7, 11) is 0. The number of likely N-dealkylation sites (tertiary alicyclic amines) is 2. The van der Waals surface area contributed by atoms with Crippen molar-refractivity contribution in [3.8, 4) is 0 Å². The second-order valence-electron chi connectivity index (χ2n) is 21.1. The van der Waals surface area contributed by atoms with Gasteiger partial charge in [0, 0.05) is 62.7 Å².